The van der Waals surface area contributed by atoms with Gasteiger partial charge in [-0.25, -0.2) is 4.98 Å². The molecule has 0 atom stereocenters. The number of amides is 1. The van der Waals surface area contributed by atoms with E-state index in [0.717, 1.165) is 29.2 Å². The van der Waals surface area contributed by atoms with Crippen LogP contribution in [0.2, 0.25) is 5.02 Å². The van der Waals surface area contributed by atoms with Crippen LogP contribution in [0.3, 0.4) is 0 Å². The smallest absolute Gasteiger partial charge is 0.220 e. The van der Waals surface area contributed by atoms with Gasteiger partial charge in [-0.2, -0.15) is 0 Å². The van der Waals surface area contributed by atoms with Gasteiger partial charge < -0.3 is 14.6 Å². The fourth-order valence-electron chi connectivity index (χ4n) is 2.83. The minimum Gasteiger partial charge on any atom is -0.494 e. The number of nitrogens with zero attached hydrogens (tertiary/aromatic N) is 2. The lowest BCUT2D eigenvalue weighted by Crippen LogP contribution is -2.24. The molecule has 1 N–H and O–H groups in total. The van der Waals surface area contributed by atoms with Crippen LogP contribution < -0.4 is 10.1 Å². The molecular weight excluding hydrogens is 350 g/mol. The summed E-state index contributed by atoms with van der Waals surface area (Å²) >= 11 is 5.83. The van der Waals surface area contributed by atoms with E-state index >= 15 is 0 Å². The second-order valence-electron chi connectivity index (χ2n) is 5.94. The number of carbonyl (C=O) groups is 1. The predicted octanol–water partition coefficient (Wildman–Crippen LogP) is 4.19. The van der Waals surface area contributed by atoms with E-state index in [4.69, 9.17) is 16.3 Å². The number of carbonyl (C=O) groups excluding carboxylic acids is 1. The van der Waals surface area contributed by atoms with Crippen LogP contribution in [0, 0.1) is 0 Å². The predicted molar refractivity (Wildman–Crippen MR) is 103 cm³/mol. The first-order chi connectivity index (χ1) is 12.7. The molecule has 1 amide bonds. The Morgan fingerprint density at radius 3 is 2.73 bits per heavy atom. The molecule has 5 nitrogen and oxygen atoms in total. The Morgan fingerprint density at radius 1 is 1.19 bits per heavy atom. The van der Waals surface area contributed by atoms with Gasteiger partial charge in [0.2, 0.25) is 5.91 Å². The quantitative estimate of drug-likeness (QED) is 0.604. The summed E-state index contributed by atoms with van der Waals surface area (Å²) in [5, 5.41) is 3.62. The maximum Gasteiger partial charge on any atom is 0.220 e. The van der Waals surface area contributed by atoms with E-state index in [1.165, 1.54) is 0 Å². The first-order valence-electron chi connectivity index (χ1n) is 8.76. The van der Waals surface area contributed by atoms with Crippen molar-refractivity contribution in [1.82, 2.24) is 14.9 Å². The van der Waals surface area contributed by atoms with Crippen LogP contribution >= 0.6 is 11.6 Å². The maximum absolute atomic E-state index is 12.1. The Balaban J connectivity index is 1.45. The molecule has 0 aliphatic carbocycles. The number of rotatable bonds is 8. The van der Waals surface area contributed by atoms with Gasteiger partial charge in [0.05, 0.1) is 24.2 Å². The van der Waals surface area contributed by atoms with E-state index in [-0.39, 0.29) is 5.91 Å². The van der Waals surface area contributed by atoms with Crippen LogP contribution in [0.1, 0.15) is 25.6 Å². The second-order valence-corrected chi connectivity index (χ2v) is 6.38. The summed E-state index contributed by atoms with van der Waals surface area (Å²) in [6.45, 7) is 3.82. The molecule has 1 heterocycles. The minimum absolute atomic E-state index is 0.000541. The SMILES string of the molecule is CCn1c(CNC(=O)CCCOc2ccc(Cl)cc2)nc2ccccc21. The number of imidazole rings is 1. The van der Waals surface area contributed by atoms with Crippen molar-refractivity contribution in [1.29, 1.82) is 0 Å². The van der Waals surface area contributed by atoms with Crippen molar-refractivity contribution < 1.29 is 9.53 Å². The summed E-state index contributed by atoms with van der Waals surface area (Å²) in [7, 11) is 0. The van der Waals surface area contributed by atoms with Crippen molar-refractivity contribution in [3.8, 4) is 5.75 Å². The van der Waals surface area contributed by atoms with Crippen molar-refractivity contribution in [3.05, 3.63) is 59.4 Å². The monoisotopic (exact) mass is 371 g/mol. The van der Waals surface area contributed by atoms with Crippen molar-refractivity contribution in [3.63, 3.8) is 0 Å². The first-order valence-corrected chi connectivity index (χ1v) is 9.14. The highest BCUT2D eigenvalue weighted by Gasteiger charge is 2.10. The van der Waals surface area contributed by atoms with E-state index in [0.29, 0.717) is 31.0 Å². The molecule has 136 valence electrons. The molecule has 0 saturated carbocycles. The molecule has 0 aliphatic rings. The lowest BCUT2D eigenvalue weighted by atomic mass is 10.3. The molecular formula is C20H22ClN3O2. The molecule has 0 fully saturated rings. The van der Waals surface area contributed by atoms with Crippen LogP contribution in [0.4, 0.5) is 0 Å². The standard InChI is InChI=1S/C20H22ClN3O2/c1-2-24-18-7-4-3-6-17(18)23-19(24)14-22-20(25)8-5-13-26-16-11-9-15(21)10-12-16/h3-4,6-7,9-12H,2,5,8,13-14H2,1H3,(H,22,25). The van der Waals surface area contributed by atoms with Gasteiger partial charge in [-0.15, -0.1) is 0 Å². The highest BCUT2D eigenvalue weighted by molar-refractivity contribution is 6.30. The zero-order valence-corrected chi connectivity index (χ0v) is 15.5. The summed E-state index contributed by atoms with van der Waals surface area (Å²) < 4.78 is 7.72. The van der Waals surface area contributed by atoms with Gasteiger partial charge in [0.15, 0.2) is 0 Å². The Hall–Kier alpha value is -2.53. The summed E-state index contributed by atoms with van der Waals surface area (Å²) in [6.07, 6.45) is 1.07. The van der Waals surface area contributed by atoms with Crippen molar-refractivity contribution in [2.45, 2.75) is 32.9 Å². The van der Waals surface area contributed by atoms with Crippen LogP contribution in [0.15, 0.2) is 48.5 Å². The third-order valence-electron chi connectivity index (χ3n) is 4.12. The zero-order valence-electron chi connectivity index (χ0n) is 14.7. The molecule has 0 spiro atoms. The lowest BCUT2D eigenvalue weighted by molar-refractivity contribution is -0.121. The largest absolute Gasteiger partial charge is 0.494 e. The molecule has 1 aromatic heterocycles. The lowest BCUT2D eigenvalue weighted by Gasteiger charge is -2.08. The van der Waals surface area contributed by atoms with Gasteiger partial charge in [0.25, 0.3) is 0 Å². The van der Waals surface area contributed by atoms with Crippen molar-refractivity contribution >= 4 is 28.5 Å². The summed E-state index contributed by atoms with van der Waals surface area (Å²) in [4.78, 5) is 16.7. The molecule has 3 aromatic rings. The van der Waals surface area contributed by atoms with Gasteiger partial charge >= 0.3 is 0 Å². The molecule has 6 heteroatoms. The number of ether oxygens (including phenoxy) is 1. The van der Waals surface area contributed by atoms with E-state index in [2.05, 4.69) is 21.8 Å². The van der Waals surface area contributed by atoms with Gasteiger partial charge in [-0.3, -0.25) is 4.79 Å². The number of aromatic nitrogens is 2. The number of hydrogen-bond donors (Lipinski definition) is 1. The van der Waals surface area contributed by atoms with Gasteiger partial charge in [-0.1, -0.05) is 23.7 Å². The number of nitrogens with one attached hydrogen (secondary N) is 1. The topological polar surface area (TPSA) is 56.2 Å². The van der Waals surface area contributed by atoms with Crippen LogP contribution in [0.5, 0.6) is 5.75 Å². The van der Waals surface area contributed by atoms with E-state index in [9.17, 15) is 4.79 Å². The normalized spacial score (nSPS) is 10.8. The molecule has 0 aliphatic heterocycles. The van der Waals surface area contributed by atoms with Crippen LogP contribution in [-0.2, 0) is 17.9 Å². The Labute approximate surface area is 157 Å². The third kappa shape index (κ3) is 4.55. The Morgan fingerprint density at radius 2 is 1.96 bits per heavy atom. The minimum atomic E-state index is -0.000541. The summed E-state index contributed by atoms with van der Waals surface area (Å²) in [6, 6.07) is 15.2. The van der Waals surface area contributed by atoms with Crippen molar-refractivity contribution in [2.24, 2.45) is 0 Å². The Bertz CT molecular complexity index is 874. The molecule has 26 heavy (non-hydrogen) atoms. The van der Waals surface area contributed by atoms with Crippen LogP contribution in [0.25, 0.3) is 11.0 Å². The Kier molecular flexibility index (Phi) is 6.12. The van der Waals surface area contributed by atoms with Crippen molar-refractivity contribution in [2.75, 3.05) is 6.61 Å². The zero-order chi connectivity index (χ0) is 18.4. The summed E-state index contributed by atoms with van der Waals surface area (Å²) in [5.74, 6) is 1.63. The van der Waals surface area contributed by atoms with Gasteiger partial charge in [-0.05, 0) is 49.7 Å². The van der Waals surface area contributed by atoms with E-state index < -0.39 is 0 Å². The number of fused-ring (bicyclic) bond motifs is 1. The van der Waals surface area contributed by atoms with Gasteiger partial charge in [0, 0.05) is 18.0 Å². The fraction of sp³-hybridized carbons (Fsp3) is 0.300. The molecule has 0 radical (unpaired) electrons. The van der Waals surface area contributed by atoms with Crippen LogP contribution in [-0.4, -0.2) is 22.1 Å². The molecule has 3 rings (SSSR count). The third-order valence-corrected chi connectivity index (χ3v) is 4.38. The number of hydrogen-bond acceptors (Lipinski definition) is 3. The number of benzene rings is 2. The summed E-state index contributed by atoms with van der Waals surface area (Å²) in [5.41, 5.74) is 2.05. The maximum atomic E-state index is 12.1. The first kappa shape index (κ1) is 18.3. The van der Waals surface area contributed by atoms with Gasteiger partial charge in [0.1, 0.15) is 11.6 Å². The number of halogens is 1. The number of para-hydroxylation sites is 2. The molecule has 0 bridgehead atoms. The van der Waals surface area contributed by atoms with E-state index in [1.807, 2.05) is 36.4 Å². The highest BCUT2D eigenvalue weighted by Crippen LogP contribution is 2.16. The second kappa shape index (κ2) is 8.72. The molecule has 0 saturated heterocycles. The van der Waals surface area contributed by atoms with E-state index in [1.54, 1.807) is 12.1 Å². The average molecular weight is 372 g/mol. The fourth-order valence-corrected chi connectivity index (χ4v) is 2.96. The molecule has 2 aromatic carbocycles. The average Bonchev–Trinajstić information content (AvgIpc) is 3.02. The highest BCUT2D eigenvalue weighted by atomic mass is 35.5. The number of aryl methyl sites for hydroxylation is 1. The molecule has 0 unspecified atom stereocenters.